The van der Waals surface area contributed by atoms with E-state index in [0.29, 0.717) is 44.3 Å². The molecule has 0 radical (unpaired) electrons. The van der Waals surface area contributed by atoms with E-state index in [1.165, 1.54) is 0 Å². The van der Waals surface area contributed by atoms with Crippen LogP contribution in [0, 0.1) is 11.8 Å². The van der Waals surface area contributed by atoms with Crippen LogP contribution in [0.2, 0.25) is 0 Å². The Morgan fingerprint density at radius 2 is 1.84 bits per heavy atom. The number of nitrogens with one attached hydrogen (secondary N) is 2. The number of fused-ring (bicyclic) bond motifs is 2. The molecular formula is C40H49N5O6. The number of hydrogen-bond donors (Lipinski definition) is 4. The third-order valence-corrected chi connectivity index (χ3v) is 10.8. The number of piperazine rings is 1. The fourth-order valence-electron chi connectivity index (χ4n) is 7.47. The number of carbonyl (C=O) groups excluding carboxylic acids is 2. The smallest absolute Gasteiger partial charge is 0.238 e. The van der Waals surface area contributed by atoms with Crippen LogP contribution >= 0.6 is 0 Å². The number of para-hydroxylation sites is 1. The number of nitrogens with zero attached hydrogens (tertiary/aromatic N) is 3. The van der Waals surface area contributed by atoms with Crippen molar-refractivity contribution in [3.8, 4) is 5.75 Å². The first-order valence-electron chi connectivity index (χ1n) is 18.2. The number of ether oxygens (including phenoxy) is 1. The summed E-state index contributed by atoms with van der Waals surface area (Å²) < 4.78 is 12.0. The highest BCUT2D eigenvalue weighted by atomic mass is 16.5. The summed E-state index contributed by atoms with van der Waals surface area (Å²) in [7, 11) is 0. The molecule has 11 heteroatoms. The summed E-state index contributed by atoms with van der Waals surface area (Å²) in [5.74, 6) is 1.11. The normalized spacial score (nSPS) is 22.5. The lowest BCUT2D eigenvalue weighted by Gasteiger charge is -2.47. The van der Waals surface area contributed by atoms with Gasteiger partial charge in [0.05, 0.1) is 17.7 Å². The Hall–Kier alpha value is -4.29. The lowest BCUT2D eigenvalue weighted by Crippen LogP contribution is -2.63. The van der Waals surface area contributed by atoms with Gasteiger partial charge in [0.2, 0.25) is 11.8 Å². The van der Waals surface area contributed by atoms with Crippen LogP contribution in [-0.2, 0) is 21.5 Å². The summed E-state index contributed by atoms with van der Waals surface area (Å²) in [6, 6.07) is 19.9. The van der Waals surface area contributed by atoms with Gasteiger partial charge in [-0.05, 0) is 69.2 Å². The quantitative estimate of drug-likeness (QED) is 0.165. The van der Waals surface area contributed by atoms with Crippen molar-refractivity contribution < 1.29 is 29.0 Å². The molecule has 51 heavy (non-hydrogen) atoms. The monoisotopic (exact) mass is 695 g/mol. The number of hydrogen-bond acceptors (Lipinski definition) is 9. The number of β-amino-alcohol motifs (C(OH)–C–C–N with tert-alkyl or cyclic N) is 1. The minimum Gasteiger partial charge on any atom is -0.490 e. The number of pyridine rings is 1. The molecule has 1 saturated carbocycles. The van der Waals surface area contributed by atoms with E-state index in [9.17, 15) is 19.8 Å². The molecule has 4 heterocycles. The zero-order valence-corrected chi connectivity index (χ0v) is 29.4. The lowest BCUT2D eigenvalue weighted by atomic mass is 9.90. The molecule has 1 saturated heterocycles. The van der Waals surface area contributed by atoms with E-state index in [2.05, 4.69) is 39.3 Å². The van der Waals surface area contributed by atoms with Crippen LogP contribution in [0.15, 0.2) is 83.5 Å². The highest BCUT2D eigenvalue weighted by Gasteiger charge is 2.42. The molecule has 1 aliphatic carbocycles. The minimum atomic E-state index is -0.905. The van der Waals surface area contributed by atoms with Crippen molar-refractivity contribution in [3.63, 3.8) is 0 Å². The average molecular weight is 696 g/mol. The maximum atomic E-state index is 14.0. The molecule has 2 fully saturated rings. The molecule has 4 N–H and O–H groups in total. The van der Waals surface area contributed by atoms with Crippen LogP contribution in [0.5, 0.6) is 5.75 Å². The Morgan fingerprint density at radius 1 is 1.06 bits per heavy atom. The standard InChI is InChI=1S/C40H49N5O6/c1-40(2,36-20-29-22-41-15-14-34(29)51-36)45-17-16-44(32(24-45)39(49)42-21-27-12-13-27)23-30(46)19-28(18-26-8-4-3-5-9-26)38(48)43-37-31-10-6-7-11-35(31)50-25-33(37)47/h3-11,14-15,20,22,27-28,30,32-33,37,46-47H,12-13,16-19,21,23-25H2,1-2H3,(H,42,49)(H,43,48)/t28-,30+,32+,33-,37+/m1/s1. The van der Waals surface area contributed by atoms with Crippen LogP contribution in [0.3, 0.4) is 0 Å². The van der Waals surface area contributed by atoms with Gasteiger partial charge in [0.1, 0.15) is 35.8 Å². The maximum Gasteiger partial charge on any atom is 0.238 e. The molecule has 2 amide bonds. The second-order valence-corrected chi connectivity index (χ2v) is 14.9. The molecule has 4 aromatic rings. The van der Waals surface area contributed by atoms with E-state index >= 15 is 0 Å². The van der Waals surface area contributed by atoms with E-state index in [0.717, 1.165) is 40.7 Å². The average Bonchev–Trinajstić information content (AvgIpc) is 3.86. The van der Waals surface area contributed by atoms with E-state index < -0.39 is 35.7 Å². The number of furan rings is 1. The van der Waals surface area contributed by atoms with Gasteiger partial charge < -0.3 is 30.0 Å². The molecule has 7 rings (SSSR count). The molecule has 2 aromatic carbocycles. The lowest BCUT2D eigenvalue weighted by molar-refractivity contribution is -0.133. The van der Waals surface area contributed by atoms with Crippen molar-refractivity contribution in [3.05, 3.63) is 96.0 Å². The van der Waals surface area contributed by atoms with Crippen LogP contribution in [0.4, 0.5) is 0 Å². The van der Waals surface area contributed by atoms with Crippen molar-refractivity contribution in [2.75, 3.05) is 39.3 Å². The fraction of sp³-hybridized carbons (Fsp3) is 0.475. The number of amides is 2. The second-order valence-electron chi connectivity index (χ2n) is 14.9. The molecule has 270 valence electrons. The summed E-state index contributed by atoms with van der Waals surface area (Å²) in [5, 5.41) is 29.7. The number of aromatic nitrogens is 1. The Balaban J connectivity index is 1.07. The zero-order valence-electron chi connectivity index (χ0n) is 29.4. The molecule has 2 aliphatic heterocycles. The van der Waals surface area contributed by atoms with Crippen LogP contribution in [0.25, 0.3) is 11.0 Å². The molecule has 0 bridgehead atoms. The number of rotatable bonds is 13. The highest BCUT2D eigenvalue weighted by Crippen LogP contribution is 2.35. The van der Waals surface area contributed by atoms with Crippen molar-refractivity contribution in [1.29, 1.82) is 0 Å². The summed E-state index contributed by atoms with van der Waals surface area (Å²) >= 11 is 0. The van der Waals surface area contributed by atoms with E-state index in [1.54, 1.807) is 12.4 Å². The SMILES string of the molecule is CC(C)(c1cc2cnccc2o1)N1CCN(C[C@@H](O)C[C@@H](Cc2ccccc2)C(=O)N[C@H]2c3ccccc3OC[C@H]2O)[C@H](C(=O)NCC2CC2)C1. The molecule has 0 unspecified atom stereocenters. The Bertz CT molecular complexity index is 1780. The predicted octanol–water partition coefficient (Wildman–Crippen LogP) is 3.80. The third kappa shape index (κ3) is 8.12. The predicted molar refractivity (Wildman–Crippen MR) is 193 cm³/mol. The maximum absolute atomic E-state index is 14.0. The van der Waals surface area contributed by atoms with Crippen molar-refractivity contribution in [1.82, 2.24) is 25.4 Å². The summed E-state index contributed by atoms with van der Waals surface area (Å²) in [6.45, 7) is 6.89. The zero-order chi connectivity index (χ0) is 35.5. The van der Waals surface area contributed by atoms with Gasteiger partial charge in [-0.15, -0.1) is 0 Å². The van der Waals surface area contributed by atoms with Crippen molar-refractivity contribution in [2.45, 2.75) is 69.4 Å². The molecule has 0 spiro atoms. The molecule has 2 aromatic heterocycles. The molecule has 11 nitrogen and oxygen atoms in total. The Labute approximate surface area is 299 Å². The molecular weight excluding hydrogens is 646 g/mol. The summed E-state index contributed by atoms with van der Waals surface area (Å²) in [4.78, 5) is 36.4. The largest absolute Gasteiger partial charge is 0.490 e. The van der Waals surface area contributed by atoms with Crippen molar-refractivity contribution >= 4 is 22.8 Å². The van der Waals surface area contributed by atoms with Crippen LogP contribution in [0.1, 0.15) is 56.0 Å². The van der Waals surface area contributed by atoms with Crippen LogP contribution < -0.4 is 15.4 Å². The second kappa shape index (κ2) is 15.1. The highest BCUT2D eigenvalue weighted by molar-refractivity contribution is 5.82. The van der Waals surface area contributed by atoms with Crippen LogP contribution in [-0.4, -0.2) is 94.4 Å². The van der Waals surface area contributed by atoms with Gasteiger partial charge in [0.25, 0.3) is 0 Å². The Kier molecular flexibility index (Phi) is 10.4. The first-order chi connectivity index (χ1) is 24.7. The number of carbonyl (C=O) groups is 2. The van der Waals surface area contributed by atoms with Gasteiger partial charge in [0.15, 0.2) is 0 Å². The van der Waals surface area contributed by atoms with Gasteiger partial charge in [0, 0.05) is 62.0 Å². The number of aliphatic hydroxyl groups excluding tert-OH is 2. The fourth-order valence-corrected chi connectivity index (χ4v) is 7.47. The summed E-state index contributed by atoms with van der Waals surface area (Å²) in [5.41, 5.74) is 1.99. The Morgan fingerprint density at radius 3 is 2.63 bits per heavy atom. The topological polar surface area (TPSA) is 140 Å². The first-order valence-corrected chi connectivity index (χ1v) is 18.2. The number of aliphatic hydroxyl groups is 2. The van der Waals surface area contributed by atoms with Gasteiger partial charge in [-0.2, -0.15) is 0 Å². The van der Waals surface area contributed by atoms with Gasteiger partial charge in [-0.25, -0.2) is 0 Å². The molecule has 5 atom stereocenters. The van der Waals surface area contributed by atoms with E-state index in [-0.39, 0.29) is 31.4 Å². The minimum absolute atomic E-state index is 0.0471. The van der Waals surface area contributed by atoms with Crippen molar-refractivity contribution in [2.24, 2.45) is 11.8 Å². The molecule has 3 aliphatic rings. The van der Waals surface area contributed by atoms with E-state index in [1.807, 2.05) is 66.7 Å². The van der Waals surface area contributed by atoms with Gasteiger partial charge >= 0.3 is 0 Å². The first kappa shape index (κ1) is 35.1. The van der Waals surface area contributed by atoms with E-state index in [4.69, 9.17) is 9.15 Å². The van der Waals surface area contributed by atoms with Gasteiger partial charge in [-0.1, -0.05) is 48.5 Å². The number of benzene rings is 2. The summed E-state index contributed by atoms with van der Waals surface area (Å²) in [6.07, 6.45) is 4.61. The third-order valence-electron chi connectivity index (χ3n) is 10.8. The van der Waals surface area contributed by atoms with Gasteiger partial charge in [-0.3, -0.25) is 24.4 Å².